The number of hydrogen-bond acceptors (Lipinski definition) is 4. The molecule has 2 aromatic carbocycles. The molecule has 3 N–H and O–H groups in total. The Kier molecular flexibility index (Phi) is 7.24. The summed E-state index contributed by atoms with van der Waals surface area (Å²) in [6.45, 7) is 7.83. The molecule has 0 aromatic heterocycles. The Labute approximate surface area is 204 Å². The van der Waals surface area contributed by atoms with E-state index in [0.29, 0.717) is 11.7 Å². The summed E-state index contributed by atoms with van der Waals surface area (Å²) in [5, 5.41) is 17.0. The second-order valence-electron chi connectivity index (χ2n) is 9.79. The minimum Gasteiger partial charge on any atom is -0.385 e. The SMILES string of the molecule is C=C(CNC(=O)c1cccc(C(F)(F)F)c1)NC1CN([C@H]2CC[C@@](O)(c3ccc(C)cc3)CC2)C1. The number of nitrogens with zero attached hydrogens (tertiary/aromatic N) is 1. The summed E-state index contributed by atoms with van der Waals surface area (Å²) in [6, 6.07) is 13.1. The Morgan fingerprint density at radius 2 is 1.80 bits per heavy atom. The molecule has 1 heterocycles. The van der Waals surface area contributed by atoms with Crippen LogP contribution in [0.5, 0.6) is 0 Å². The van der Waals surface area contributed by atoms with Crippen LogP contribution in [0.15, 0.2) is 60.8 Å². The van der Waals surface area contributed by atoms with E-state index >= 15 is 0 Å². The van der Waals surface area contributed by atoms with Crippen LogP contribution in [0.2, 0.25) is 0 Å². The van der Waals surface area contributed by atoms with Gasteiger partial charge in [0, 0.05) is 30.4 Å². The number of nitrogens with one attached hydrogen (secondary N) is 2. The lowest BCUT2D eigenvalue weighted by atomic mass is 9.76. The van der Waals surface area contributed by atoms with Gasteiger partial charge in [-0.1, -0.05) is 42.5 Å². The fourth-order valence-corrected chi connectivity index (χ4v) is 4.97. The lowest BCUT2D eigenvalue weighted by Crippen LogP contribution is -2.62. The zero-order chi connectivity index (χ0) is 25.2. The second-order valence-corrected chi connectivity index (χ2v) is 9.79. The summed E-state index contributed by atoms with van der Waals surface area (Å²) in [4.78, 5) is 14.7. The third-order valence-electron chi connectivity index (χ3n) is 7.12. The van der Waals surface area contributed by atoms with E-state index < -0.39 is 23.2 Å². The maximum absolute atomic E-state index is 12.9. The van der Waals surface area contributed by atoms with E-state index in [1.54, 1.807) is 0 Å². The number of aliphatic hydroxyl groups is 1. The standard InChI is InChI=1S/C27H32F3N3O2/c1-18-6-8-21(9-7-18)26(35)12-10-24(11-13-26)33-16-23(17-33)32-19(2)15-31-25(34)20-4-3-5-22(14-20)27(28,29)30/h3-9,14,23-24,32,35H,2,10-13,15-17H2,1H3,(H,31,34)/t24-,26-. The molecule has 2 aromatic rings. The Morgan fingerprint density at radius 3 is 2.43 bits per heavy atom. The molecule has 188 valence electrons. The van der Waals surface area contributed by atoms with Crippen LogP contribution in [0.4, 0.5) is 13.2 Å². The van der Waals surface area contributed by atoms with Crippen LogP contribution in [-0.2, 0) is 11.8 Å². The Hall–Kier alpha value is -2.84. The quantitative estimate of drug-likeness (QED) is 0.543. The zero-order valence-electron chi connectivity index (χ0n) is 19.9. The van der Waals surface area contributed by atoms with Gasteiger partial charge in [-0.3, -0.25) is 9.69 Å². The number of aryl methyl sites for hydroxylation is 1. The molecule has 0 spiro atoms. The van der Waals surface area contributed by atoms with Crippen molar-refractivity contribution in [1.29, 1.82) is 0 Å². The van der Waals surface area contributed by atoms with Crippen molar-refractivity contribution < 1.29 is 23.1 Å². The summed E-state index contributed by atoms with van der Waals surface area (Å²) < 4.78 is 38.6. The van der Waals surface area contributed by atoms with Crippen LogP contribution in [0, 0.1) is 6.92 Å². The lowest BCUT2D eigenvalue weighted by Gasteiger charge is -2.48. The normalized spacial score (nSPS) is 23.4. The van der Waals surface area contributed by atoms with Crippen molar-refractivity contribution >= 4 is 5.91 Å². The smallest absolute Gasteiger partial charge is 0.385 e. The predicted octanol–water partition coefficient (Wildman–Crippen LogP) is 4.36. The summed E-state index contributed by atoms with van der Waals surface area (Å²) in [5.41, 5.74) is 1.16. The van der Waals surface area contributed by atoms with Gasteiger partial charge in [0.15, 0.2) is 0 Å². The van der Waals surface area contributed by atoms with Crippen LogP contribution in [0.25, 0.3) is 0 Å². The van der Waals surface area contributed by atoms with Crippen molar-refractivity contribution in [2.24, 2.45) is 0 Å². The first-order valence-electron chi connectivity index (χ1n) is 12.0. The third-order valence-corrected chi connectivity index (χ3v) is 7.12. The second kappa shape index (κ2) is 10.0. The van der Waals surface area contributed by atoms with E-state index in [1.165, 1.54) is 17.7 Å². The van der Waals surface area contributed by atoms with Crippen LogP contribution < -0.4 is 10.6 Å². The topological polar surface area (TPSA) is 64.6 Å². The van der Waals surface area contributed by atoms with Gasteiger partial charge < -0.3 is 15.7 Å². The zero-order valence-corrected chi connectivity index (χ0v) is 19.9. The molecule has 1 aliphatic heterocycles. The van der Waals surface area contributed by atoms with Crippen molar-refractivity contribution in [1.82, 2.24) is 15.5 Å². The molecular formula is C27H32F3N3O2. The van der Waals surface area contributed by atoms with E-state index in [-0.39, 0.29) is 18.2 Å². The molecule has 0 radical (unpaired) electrons. The molecule has 4 rings (SSSR count). The molecule has 1 aliphatic carbocycles. The summed E-state index contributed by atoms with van der Waals surface area (Å²) >= 11 is 0. The van der Waals surface area contributed by atoms with Crippen molar-refractivity contribution in [3.8, 4) is 0 Å². The third kappa shape index (κ3) is 6.05. The summed E-state index contributed by atoms with van der Waals surface area (Å²) in [7, 11) is 0. The number of hydrogen-bond donors (Lipinski definition) is 3. The van der Waals surface area contributed by atoms with E-state index in [2.05, 4.69) is 22.1 Å². The number of benzene rings is 2. The van der Waals surface area contributed by atoms with E-state index in [9.17, 15) is 23.1 Å². The molecule has 1 amide bonds. The highest BCUT2D eigenvalue weighted by molar-refractivity contribution is 5.94. The highest BCUT2D eigenvalue weighted by Gasteiger charge is 2.40. The van der Waals surface area contributed by atoms with Crippen molar-refractivity contribution in [3.63, 3.8) is 0 Å². The van der Waals surface area contributed by atoms with Gasteiger partial charge in [-0.05, 0) is 56.4 Å². The van der Waals surface area contributed by atoms with Gasteiger partial charge in [-0.15, -0.1) is 0 Å². The van der Waals surface area contributed by atoms with Gasteiger partial charge in [-0.25, -0.2) is 0 Å². The average molecular weight is 488 g/mol. The Morgan fingerprint density at radius 1 is 1.14 bits per heavy atom. The molecule has 5 nitrogen and oxygen atoms in total. The molecule has 35 heavy (non-hydrogen) atoms. The first-order valence-corrected chi connectivity index (χ1v) is 12.0. The van der Waals surface area contributed by atoms with E-state index in [1.807, 2.05) is 31.2 Å². The number of halogens is 3. The molecular weight excluding hydrogens is 455 g/mol. The number of amides is 1. The fraction of sp³-hybridized carbons (Fsp3) is 0.444. The Bertz CT molecular complexity index is 1050. The van der Waals surface area contributed by atoms with Gasteiger partial charge in [-0.2, -0.15) is 13.2 Å². The summed E-state index contributed by atoms with van der Waals surface area (Å²) in [5.74, 6) is -0.572. The molecule has 2 fully saturated rings. The van der Waals surface area contributed by atoms with Crippen LogP contribution in [0.1, 0.15) is 52.7 Å². The molecule has 1 saturated carbocycles. The molecule has 0 bridgehead atoms. The van der Waals surface area contributed by atoms with Crippen molar-refractivity contribution in [2.45, 2.75) is 56.5 Å². The summed E-state index contributed by atoms with van der Waals surface area (Å²) in [6.07, 6.45) is -1.14. The number of alkyl halides is 3. The highest BCUT2D eigenvalue weighted by Crippen LogP contribution is 2.39. The number of rotatable bonds is 7. The lowest BCUT2D eigenvalue weighted by molar-refractivity contribution is -0.137. The molecule has 1 saturated heterocycles. The molecule has 2 aliphatic rings. The number of carbonyl (C=O) groups excluding carboxylic acids is 1. The fourth-order valence-electron chi connectivity index (χ4n) is 4.97. The first-order chi connectivity index (χ1) is 16.5. The molecule has 8 heteroatoms. The predicted molar refractivity (Wildman–Crippen MR) is 129 cm³/mol. The van der Waals surface area contributed by atoms with E-state index in [4.69, 9.17) is 0 Å². The maximum atomic E-state index is 12.9. The van der Waals surface area contributed by atoms with Crippen LogP contribution >= 0.6 is 0 Å². The van der Waals surface area contributed by atoms with Crippen LogP contribution in [0.3, 0.4) is 0 Å². The maximum Gasteiger partial charge on any atom is 0.416 e. The van der Waals surface area contributed by atoms with Crippen molar-refractivity contribution in [2.75, 3.05) is 19.6 Å². The minimum absolute atomic E-state index is 0.0367. The van der Waals surface area contributed by atoms with Gasteiger partial charge >= 0.3 is 6.18 Å². The largest absolute Gasteiger partial charge is 0.416 e. The van der Waals surface area contributed by atoms with Gasteiger partial charge in [0.2, 0.25) is 0 Å². The van der Waals surface area contributed by atoms with Gasteiger partial charge in [0.05, 0.1) is 23.8 Å². The number of carbonyl (C=O) groups is 1. The Balaban J connectivity index is 1.18. The monoisotopic (exact) mass is 487 g/mol. The average Bonchev–Trinajstić information content (AvgIpc) is 2.80. The van der Waals surface area contributed by atoms with Crippen molar-refractivity contribution in [3.05, 3.63) is 83.1 Å². The number of likely N-dealkylation sites (tertiary alicyclic amines) is 1. The molecule has 0 unspecified atom stereocenters. The molecule has 0 atom stereocenters. The highest BCUT2D eigenvalue weighted by atomic mass is 19.4. The van der Waals surface area contributed by atoms with Gasteiger partial charge in [0.1, 0.15) is 0 Å². The van der Waals surface area contributed by atoms with Gasteiger partial charge in [0.25, 0.3) is 5.91 Å². The van der Waals surface area contributed by atoms with Crippen LogP contribution in [-0.4, -0.2) is 47.6 Å². The minimum atomic E-state index is -4.49. The first kappa shape index (κ1) is 25.3. The van der Waals surface area contributed by atoms with E-state index in [0.717, 1.165) is 56.5 Å².